The van der Waals surface area contributed by atoms with Crippen LogP contribution in [0.2, 0.25) is 0 Å². The van der Waals surface area contributed by atoms with Gasteiger partial charge in [-0.25, -0.2) is 9.78 Å². The summed E-state index contributed by atoms with van der Waals surface area (Å²) in [7, 11) is 0. The molecular weight excluding hydrogens is 497 g/mol. The van der Waals surface area contributed by atoms with E-state index in [2.05, 4.69) is 15.0 Å². The summed E-state index contributed by atoms with van der Waals surface area (Å²) in [6, 6.07) is 12.2. The third-order valence-corrected chi connectivity index (χ3v) is 6.06. The van der Waals surface area contributed by atoms with Crippen LogP contribution in [0.5, 0.6) is 11.5 Å². The fourth-order valence-electron chi connectivity index (χ4n) is 3.11. The number of aryl methyl sites for hydroxylation is 1. The first-order valence-electron chi connectivity index (χ1n) is 10.9. The number of halogens is 3. The number of thiazole rings is 1. The molecule has 0 fully saturated rings. The molecule has 0 radical (unpaired) electrons. The Balaban J connectivity index is 1.60. The highest BCUT2D eigenvalue weighted by molar-refractivity contribution is 7.17. The summed E-state index contributed by atoms with van der Waals surface area (Å²) in [6.45, 7) is 7.16. The van der Waals surface area contributed by atoms with E-state index in [0.29, 0.717) is 26.9 Å². The van der Waals surface area contributed by atoms with E-state index in [1.807, 2.05) is 0 Å². The molecule has 2 aromatic carbocycles. The van der Waals surface area contributed by atoms with Crippen molar-refractivity contribution in [1.29, 1.82) is 0 Å². The van der Waals surface area contributed by atoms with Crippen LogP contribution in [-0.2, 0) is 16.1 Å². The molecule has 36 heavy (non-hydrogen) atoms. The summed E-state index contributed by atoms with van der Waals surface area (Å²) in [5.74, 6) is -0.639. The summed E-state index contributed by atoms with van der Waals surface area (Å²) >= 11 is 1.14. The summed E-state index contributed by atoms with van der Waals surface area (Å²) in [4.78, 5) is 29.5. The van der Waals surface area contributed by atoms with Gasteiger partial charge in [0.1, 0.15) is 21.4 Å². The molecule has 0 atom stereocenters. The Morgan fingerprint density at radius 2 is 1.56 bits per heavy atom. The van der Waals surface area contributed by atoms with Gasteiger partial charge in [0.25, 0.3) is 5.91 Å². The fraction of sp³-hybridized carbons (Fsp3) is 0.320. The van der Waals surface area contributed by atoms with E-state index in [-0.39, 0.29) is 24.8 Å². The standard InChI is InChI=1S/C25H25F3N2O5S/c1-5-33-23(32)24(3,4)34-18-10-6-16(7-11-18)14-29-21(31)20-15(2)30-22(36-20)17-8-12-19(13-9-17)35-25(26,27)28/h6-13H,5,14H2,1-4H3,(H,29,31). The molecule has 7 nitrogen and oxygen atoms in total. The lowest BCUT2D eigenvalue weighted by molar-refractivity contribution is -0.274. The molecule has 3 rings (SSSR count). The lowest BCUT2D eigenvalue weighted by Crippen LogP contribution is -2.39. The Bertz CT molecular complexity index is 1210. The number of carbonyl (C=O) groups excluding carboxylic acids is 2. The average Bonchev–Trinajstić information content (AvgIpc) is 3.19. The van der Waals surface area contributed by atoms with Crippen LogP contribution >= 0.6 is 11.3 Å². The molecule has 0 aliphatic rings. The van der Waals surface area contributed by atoms with Crippen LogP contribution in [-0.4, -0.2) is 35.4 Å². The molecule has 1 amide bonds. The van der Waals surface area contributed by atoms with Gasteiger partial charge < -0.3 is 19.5 Å². The number of nitrogens with one attached hydrogen (secondary N) is 1. The van der Waals surface area contributed by atoms with Crippen molar-refractivity contribution in [2.24, 2.45) is 0 Å². The van der Waals surface area contributed by atoms with Gasteiger partial charge in [0.05, 0.1) is 12.3 Å². The molecule has 0 saturated heterocycles. The summed E-state index contributed by atoms with van der Waals surface area (Å²) in [6.07, 6.45) is -4.77. The maximum Gasteiger partial charge on any atom is 0.573 e. The van der Waals surface area contributed by atoms with Gasteiger partial charge in [0.2, 0.25) is 0 Å². The van der Waals surface area contributed by atoms with E-state index in [1.54, 1.807) is 52.0 Å². The highest BCUT2D eigenvalue weighted by Gasteiger charge is 2.32. The van der Waals surface area contributed by atoms with E-state index in [9.17, 15) is 22.8 Å². The second-order valence-corrected chi connectivity index (χ2v) is 9.16. The molecule has 0 aliphatic carbocycles. The number of aromatic nitrogens is 1. The predicted molar refractivity (Wildman–Crippen MR) is 128 cm³/mol. The summed E-state index contributed by atoms with van der Waals surface area (Å²) in [5, 5.41) is 3.33. The minimum Gasteiger partial charge on any atom is -0.476 e. The molecule has 1 N–H and O–H groups in total. The van der Waals surface area contributed by atoms with Gasteiger partial charge in [0.15, 0.2) is 5.60 Å². The van der Waals surface area contributed by atoms with Gasteiger partial charge in [-0.15, -0.1) is 24.5 Å². The number of hydrogen-bond acceptors (Lipinski definition) is 7. The lowest BCUT2D eigenvalue weighted by atomic mass is 10.1. The van der Waals surface area contributed by atoms with Crippen molar-refractivity contribution >= 4 is 23.2 Å². The van der Waals surface area contributed by atoms with Crippen molar-refractivity contribution in [3.8, 4) is 22.1 Å². The smallest absolute Gasteiger partial charge is 0.476 e. The zero-order valence-electron chi connectivity index (χ0n) is 20.1. The monoisotopic (exact) mass is 522 g/mol. The van der Waals surface area contributed by atoms with Crippen LogP contribution < -0.4 is 14.8 Å². The van der Waals surface area contributed by atoms with E-state index in [0.717, 1.165) is 16.9 Å². The number of hydrogen-bond donors (Lipinski definition) is 1. The van der Waals surface area contributed by atoms with Gasteiger partial charge >= 0.3 is 12.3 Å². The van der Waals surface area contributed by atoms with Crippen molar-refractivity contribution < 1.29 is 37.0 Å². The number of benzene rings is 2. The maximum absolute atomic E-state index is 12.7. The van der Waals surface area contributed by atoms with E-state index in [1.165, 1.54) is 24.3 Å². The number of ether oxygens (including phenoxy) is 3. The van der Waals surface area contributed by atoms with Crippen molar-refractivity contribution in [1.82, 2.24) is 10.3 Å². The van der Waals surface area contributed by atoms with E-state index >= 15 is 0 Å². The van der Waals surface area contributed by atoms with Crippen LogP contribution in [0.4, 0.5) is 13.2 Å². The first kappa shape index (κ1) is 27.0. The van der Waals surface area contributed by atoms with E-state index < -0.39 is 17.9 Å². The zero-order chi connectivity index (χ0) is 26.5. The fourth-order valence-corrected chi connectivity index (χ4v) is 4.10. The maximum atomic E-state index is 12.7. The number of rotatable bonds is 9. The van der Waals surface area contributed by atoms with Crippen LogP contribution in [0, 0.1) is 6.92 Å². The number of esters is 1. The average molecular weight is 523 g/mol. The van der Waals surface area contributed by atoms with Crippen molar-refractivity contribution in [2.75, 3.05) is 6.61 Å². The molecule has 0 unspecified atom stereocenters. The quantitative estimate of drug-likeness (QED) is 0.365. The van der Waals surface area contributed by atoms with Gasteiger partial charge in [-0.3, -0.25) is 4.79 Å². The highest BCUT2D eigenvalue weighted by Crippen LogP contribution is 2.31. The minimum atomic E-state index is -4.77. The highest BCUT2D eigenvalue weighted by atomic mass is 32.1. The molecule has 3 aromatic rings. The molecule has 11 heteroatoms. The molecule has 1 heterocycles. The van der Waals surface area contributed by atoms with Crippen molar-refractivity contribution in [3.63, 3.8) is 0 Å². The van der Waals surface area contributed by atoms with Crippen LogP contribution in [0.3, 0.4) is 0 Å². The molecule has 0 bridgehead atoms. The molecule has 0 spiro atoms. The first-order valence-corrected chi connectivity index (χ1v) is 11.8. The third kappa shape index (κ3) is 7.20. The molecule has 1 aromatic heterocycles. The van der Waals surface area contributed by atoms with Gasteiger partial charge in [-0.05, 0) is 69.7 Å². The predicted octanol–water partition coefficient (Wildman–Crippen LogP) is 5.67. The van der Waals surface area contributed by atoms with Gasteiger partial charge in [0, 0.05) is 12.1 Å². The second-order valence-electron chi connectivity index (χ2n) is 8.17. The zero-order valence-corrected chi connectivity index (χ0v) is 20.9. The molecule has 192 valence electrons. The Kier molecular flexibility index (Phi) is 8.24. The van der Waals surface area contributed by atoms with Crippen LogP contribution in [0.15, 0.2) is 48.5 Å². The number of amides is 1. The Morgan fingerprint density at radius 3 is 2.14 bits per heavy atom. The van der Waals surface area contributed by atoms with Crippen LogP contribution in [0.1, 0.15) is 41.7 Å². The molecular formula is C25H25F3N2O5S. The van der Waals surface area contributed by atoms with Crippen LogP contribution in [0.25, 0.3) is 10.6 Å². The number of carbonyl (C=O) groups is 2. The minimum absolute atomic E-state index is 0.247. The molecule has 0 aliphatic heterocycles. The third-order valence-electron chi connectivity index (χ3n) is 4.85. The number of nitrogens with zero attached hydrogens (tertiary/aromatic N) is 1. The largest absolute Gasteiger partial charge is 0.573 e. The lowest BCUT2D eigenvalue weighted by Gasteiger charge is -2.24. The number of alkyl halides is 3. The first-order chi connectivity index (χ1) is 16.9. The second kappa shape index (κ2) is 11.0. The SMILES string of the molecule is CCOC(=O)C(C)(C)Oc1ccc(CNC(=O)c2sc(-c3ccc(OC(F)(F)F)cc3)nc2C)cc1. The van der Waals surface area contributed by atoms with Gasteiger partial charge in [-0.1, -0.05) is 12.1 Å². The summed E-state index contributed by atoms with van der Waals surface area (Å²) < 4.78 is 51.6. The molecule has 0 saturated carbocycles. The normalized spacial score (nSPS) is 11.6. The van der Waals surface area contributed by atoms with E-state index in [4.69, 9.17) is 9.47 Å². The van der Waals surface area contributed by atoms with Crippen molar-refractivity contribution in [2.45, 2.75) is 46.2 Å². The van der Waals surface area contributed by atoms with Crippen molar-refractivity contribution in [3.05, 3.63) is 64.7 Å². The summed E-state index contributed by atoms with van der Waals surface area (Å²) in [5.41, 5.74) is 0.747. The topological polar surface area (TPSA) is 86.8 Å². The Labute approximate surface area is 210 Å². The Morgan fingerprint density at radius 1 is 0.972 bits per heavy atom. The Hall–Kier alpha value is -3.60. The van der Waals surface area contributed by atoms with Gasteiger partial charge in [-0.2, -0.15) is 0 Å².